The molecular weight excluding hydrogens is 278 g/mol. The number of hydrogen-bond donors (Lipinski definition) is 0. The van der Waals surface area contributed by atoms with Crippen LogP contribution in [0.4, 0.5) is 8.78 Å². The Labute approximate surface area is 102 Å². The lowest BCUT2D eigenvalue weighted by molar-refractivity contribution is 0.0809. The van der Waals surface area contributed by atoms with Gasteiger partial charge >= 0.3 is 0 Å². The molecule has 1 saturated carbocycles. The van der Waals surface area contributed by atoms with Crippen molar-refractivity contribution in [3.05, 3.63) is 29.8 Å². The molecule has 0 aliphatic heterocycles. The first kappa shape index (κ1) is 11.8. The third-order valence-electron chi connectivity index (χ3n) is 3.15. The van der Waals surface area contributed by atoms with E-state index in [9.17, 15) is 8.78 Å². The van der Waals surface area contributed by atoms with Gasteiger partial charge in [0.25, 0.3) is 0 Å². The van der Waals surface area contributed by atoms with Crippen molar-refractivity contribution in [2.75, 3.05) is 11.9 Å². The molecule has 0 radical (unpaired) electrons. The zero-order valence-corrected chi connectivity index (χ0v) is 10.4. The third-order valence-corrected chi connectivity index (χ3v) is 4.34. The van der Waals surface area contributed by atoms with Crippen molar-refractivity contribution < 1.29 is 13.5 Å². The second-order valence-corrected chi connectivity index (χ2v) is 4.89. The van der Waals surface area contributed by atoms with E-state index < -0.39 is 11.6 Å². The van der Waals surface area contributed by atoms with Crippen LogP contribution in [0.5, 0.6) is 5.75 Å². The van der Waals surface area contributed by atoms with Crippen molar-refractivity contribution in [1.29, 1.82) is 0 Å². The molecule has 4 heteroatoms. The van der Waals surface area contributed by atoms with E-state index in [2.05, 4.69) is 15.9 Å². The first-order chi connectivity index (χ1) is 7.67. The minimum atomic E-state index is -0.897. The number of hydrogen-bond acceptors (Lipinski definition) is 1. The Morgan fingerprint density at radius 3 is 2.62 bits per heavy atom. The van der Waals surface area contributed by atoms with E-state index in [0.717, 1.165) is 24.2 Å². The number of halogens is 3. The summed E-state index contributed by atoms with van der Waals surface area (Å²) >= 11 is 3.44. The van der Waals surface area contributed by atoms with Crippen LogP contribution < -0.4 is 4.74 Å². The summed E-state index contributed by atoms with van der Waals surface area (Å²) in [6.07, 6.45) is 3.34. The predicted molar refractivity (Wildman–Crippen MR) is 61.9 cm³/mol. The smallest absolute Gasteiger partial charge is 0.200 e. The van der Waals surface area contributed by atoms with Gasteiger partial charge in [0, 0.05) is 10.7 Å². The first-order valence-electron chi connectivity index (χ1n) is 5.30. The minimum absolute atomic E-state index is 0.00669. The van der Waals surface area contributed by atoms with E-state index in [0.29, 0.717) is 6.61 Å². The maximum absolute atomic E-state index is 13.3. The summed E-state index contributed by atoms with van der Waals surface area (Å²) in [6, 6.07) is 4.00. The van der Waals surface area contributed by atoms with Crippen LogP contribution in [-0.4, -0.2) is 11.9 Å². The normalized spacial score (nSPS) is 17.9. The SMILES string of the molecule is Fc1cccc(OCC2(CBr)CCC2)c1F. The second-order valence-electron chi connectivity index (χ2n) is 4.33. The van der Waals surface area contributed by atoms with Crippen molar-refractivity contribution in [1.82, 2.24) is 0 Å². The maximum atomic E-state index is 13.3. The lowest BCUT2D eigenvalue weighted by atomic mass is 9.71. The molecule has 0 heterocycles. The Morgan fingerprint density at radius 1 is 1.31 bits per heavy atom. The van der Waals surface area contributed by atoms with Gasteiger partial charge in [-0.25, -0.2) is 4.39 Å². The van der Waals surface area contributed by atoms with Gasteiger partial charge in [-0.05, 0) is 25.0 Å². The number of alkyl halides is 1. The number of rotatable bonds is 4. The molecule has 0 bridgehead atoms. The molecule has 1 aliphatic rings. The topological polar surface area (TPSA) is 9.23 Å². The summed E-state index contributed by atoms with van der Waals surface area (Å²) in [5, 5.41) is 0.844. The highest BCUT2D eigenvalue weighted by atomic mass is 79.9. The van der Waals surface area contributed by atoms with Crippen LogP contribution in [0.1, 0.15) is 19.3 Å². The van der Waals surface area contributed by atoms with Crippen LogP contribution in [-0.2, 0) is 0 Å². The Kier molecular flexibility index (Phi) is 3.47. The summed E-state index contributed by atoms with van der Waals surface area (Å²) in [4.78, 5) is 0. The predicted octanol–water partition coefficient (Wildman–Crippen LogP) is 3.91. The van der Waals surface area contributed by atoms with Gasteiger partial charge in [0.15, 0.2) is 11.6 Å². The molecule has 1 fully saturated rings. The van der Waals surface area contributed by atoms with Crippen molar-refractivity contribution in [3.63, 3.8) is 0 Å². The molecule has 0 atom stereocenters. The van der Waals surface area contributed by atoms with Gasteiger partial charge in [0.2, 0.25) is 5.82 Å². The average Bonchev–Trinajstić information content (AvgIpc) is 2.23. The molecule has 0 amide bonds. The van der Waals surface area contributed by atoms with E-state index in [1.165, 1.54) is 18.6 Å². The van der Waals surface area contributed by atoms with Gasteiger partial charge in [0.05, 0.1) is 6.61 Å². The lowest BCUT2D eigenvalue weighted by Gasteiger charge is -2.39. The van der Waals surface area contributed by atoms with Gasteiger partial charge < -0.3 is 4.74 Å². The maximum Gasteiger partial charge on any atom is 0.200 e. The lowest BCUT2D eigenvalue weighted by Crippen LogP contribution is -2.37. The fraction of sp³-hybridized carbons (Fsp3) is 0.500. The Morgan fingerprint density at radius 2 is 2.06 bits per heavy atom. The van der Waals surface area contributed by atoms with E-state index in [1.54, 1.807) is 0 Å². The van der Waals surface area contributed by atoms with Gasteiger partial charge in [-0.1, -0.05) is 28.4 Å². The molecule has 88 valence electrons. The fourth-order valence-electron chi connectivity index (χ4n) is 1.82. The summed E-state index contributed by atoms with van der Waals surface area (Å²) < 4.78 is 31.6. The van der Waals surface area contributed by atoms with Crippen LogP contribution in [0.25, 0.3) is 0 Å². The van der Waals surface area contributed by atoms with Gasteiger partial charge in [0.1, 0.15) is 0 Å². The molecular formula is C12H13BrF2O. The molecule has 0 unspecified atom stereocenters. The fourth-order valence-corrected chi connectivity index (χ4v) is 2.54. The van der Waals surface area contributed by atoms with Crippen LogP contribution in [0.15, 0.2) is 18.2 Å². The molecule has 0 saturated heterocycles. The van der Waals surface area contributed by atoms with E-state index >= 15 is 0 Å². The average molecular weight is 291 g/mol. The molecule has 1 nitrogen and oxygen atoms in total. The van der Waals surface area contributed by atoms with Crippen LogP contribution in [0, 0.1) is 17.0 Å². The Hall–Kier alpha value is -0.640. The molecule has 0 N–H and O–H groups in total. The molecule has 2 rings (SSSR count). The van der Waals surface area contributed by atoms with Crippen LogP contribution >= 0.6 is 15.9 Å². The van der Waals surface area contributed by atoms with E-state index in [1.807, 2.05) is 0 Å². The minimum Gasteiger partial charge on any atom is -0.490 e. The Bertz CT molecular complexity index is 372. The number of ether oxygens (including phenoxy) is 1. The largest absolute Gasteiger partial charge is 0.490 e. The summed E-state index contributed by atoms with van der Waals surface area (Å²) in [5.41, 5.74) is 0.110. The molecule has 16 heavy (non-hydrogen) atoms. The highest BCUT2D eigenvalue weighted by molar-refractivity contribution is 9.09. The van der Waals surface area contributed by atoms with Gasteiger partial charge in [-0.15, -0.1) is 0 Å². The van der Waals surface area contributed by atoms with E-state index in [-0.39, 0.29) is 11.2 Å². The van der Waals surface area contributed by atoms with Crippen molar-refractivity contribution in [2.24, 2.45) is 5.41 Å². The van der Waals surface area contributed by atoms with Crippen molar-refractivity contribution in [3.8, 4) is 5.75 Å². The zero-order chi connectivity index (χ0) is 11.6. The first-order valence-corrected chi connectivity index (χ1v) is 6.42. The zero-order valence-electron chi connectivity index (χ0n) is 8.81. The van der Waals surface area contributed by atoms with Gasteiger partial charge in [-0.3, -0.25) is 0 Å². The molecule has 1 aliphatic carbocycles. The highest BCUT2D eigenvalue weighted by Crippen LogP contribution is 2.42. The van der Waals surface area contributed by atoms with Crippen molar-refractivity contribution >= 4 is 15.9 Å². The van der Waals surface area contributed by atoms with Crippen molar-refractivity contribution in [2.45, 2.75) is 19.3 Å². The number of benzene rings is 1. The summed E-state index contributed by atoms with van der Waals surface area (Å²) in [5.74, 6) is -1.75. The van der Waals surface area contributed by atoms with Crippen LogP contribution in [0.2, 0.25) is 0 Å². The summed E-state index contributed by atoms with van der Waals surface area (Å²) in [7, 11) is 0. The highest BCUT2D eigenvalue weighted by Gasteiger charge is 2.36. The van der Waals surface area contributed by atoms with Crippen LogP contribution in [0.3, 0.4) is 0 Å². The quantitative estimate of drug-likeness (QED) is 0.764. The molecule has 1 aromatic carbocycles. The third kappa shape index (κ3) is 2.21. The van der Waals surface area contributed by atoms with Gasteiger partial charge in [-0.2, -0.15) is 4.39 Å². The molecule has 0 spiro atoms. The summed E-state index contributed by atoms with van der Waals surface area (Å²) in [6.45, 7) is 0.443. The Balaban J connectivity index is 2.02. The standard InChI is InChI=1S/C12H13BrF2O/c13-7-12(5-2-6-12)8-16-10-4-1-3-9(14)11(10)15/h1,3-4H,2,5-8H2. The molecule has 1 aromatic rings. The van der Waals surface area contributed by atoms with E-state index in [4.69, 9.17) is 4.74 Å². The monoisotopic (exact) mass is 290 g/mol. The molecule has 0 aromatic heterocycles. The second kappa shape index (κ2) is 4.70.